The van der Waals surface area contributed by atoms with Crippen LogP contribution in [0.3, 0.4) is 0 Å². The number of aryl methyl sites for hydroxylation is 2. The molecule has 0 saturated carbocycles. The summed E-state index contributed by atoms with van der Waals surface area (Å²) in [5.74, 6) is 0.176. The third kappa shape index (κ3) is 4.61. The molecular formula is C9H17N5O2S. The first kappa shape index (κ1) is 13.8. The lowest BCUT2D eigenvalue weighted by Crippen LogP contribution is -2.23. The van der Waals surface area contributed by atoms with Crippen LogP contribution in [0.25, 0.3) is 0 Å². The molecule has 1 aromatic rings. The summed E-state index contributed by atoms with van der Waals surface area (Å²) in [7, 11) is -3.46. The van der Waals surface area contributed by atoms with Gasteiger partial charge in [0.15, 0.2) is 0 Å². The Morgan fingerprint density at radius 1 is 1.18 bits per heavy atom. The van der Waals surface area contributed by atoms with E-state index in [0.29, 0.717) is 5.95 Å². The van der Waals surface area contributed by atoms with Crippen LogP contribution in [0.4, 0.5) is 5.95 Å². The molecule has 0 unspecified atom stereocenters. The Balaban J connectivity index is 2.66. The minimum absolute atomic E-state index is 0.159. The smallest absolute Gasteiger partial charge is 0.243 e. The van der Waals surface area contributed by atoms with Gasteiger partial charge in [-0.3, -0.25) is 0 Å². The number of primary sulfonamides is 1. The van der Waals surface area contributed by atoms with Gasteiger partial charge in [0.1, 0.15) is 0 Å². The number of sulfonamides is 1. The minimum atomic E-state index is -3.46. The summed E-state index contributed by atoms with van der Waals surface area (Å²) in [6.07, 6.45) is 1.54. The molecule has 0 spiro atoms. The number of nitrogens with one attached hydrogen (secondary N) is 1. The monoisotopic (exact) mass is 259 g/mol. The van der Waals surface area contributed by atoms with E-state index in [4.69, 9.17) is 5.14 Å². The molecule has 0 aliphatic heterocycles. The van der Waals surface area contributed by atoms with Crippen LogP contribution in [0.1, 0.15) is 25.2 Å². The molecule has 1 heterocycles. The lowest BCUT2D eigenvalue weighted by atomic mass is 10.2. The number of hydrogen-bond donors (Lipinski definition) is 2. The second kappa shape index (κ2) is 5.87. The molecular weight excluding hydrogens is 242 g/mol. The second-order valence-corrected chi connectivity index (χ2v) is 5.26. The van der Waals surface area contributed by atoms with Gasteiger partial charge < -0.3 is 5.32 Å². The summed E-state index contributed by atoms with van der Waals surface area (Å²) < 4.78 is 21.5. The van der Waals surface area contributed by atoms with Gasteiger partial charge in [-0.15, -0.1) is 5.10 Å². The van der Waals surface area contributed by atoms with Crippen LogP contribution in [-0.4, -0.2) is 35.9 Å². The van der Waals surface area contributed by atoms with Gasteiger partial charge in [-0.1, -0.05) is 13.8 Å². The largest absolute Gasteiger partial charge is 0.352 e. The van der Waals surface area contributed by atoms with Gasteiger partial charge in [-0.05, 0) is 12.8 Å². The van der Waals surface area contributed by atoms with E-state index in [-0.39, 0.29) is 12.3 Å². The van der Waals surface area contributed by atoms with Gasteiger partial charge in [0, 0.05) is 6.54 Å². The molecule has 0 saturated heterocycles. The molecule has 3 N–H and O–H groups in total. The highest BCUT2D eigenvalue weighted by Crippen LogP contribution is 2.06. The first-order valence-corrected chi connectivity index (χ1v) is 7.14. The maximum absolute atomic E-state index is 10.7. The van der Waals surface area contributed by atoms with Crippen LogP contribution < -0.4 is 10.5 Å². The molecule has 0 aromatic carbocycles. The number of nitrogens with zero attached hydrogens (tertiary/aromatic N) is 3. The molecule has 96 valence electrons. The summed E-state index contributed by atoms with van der Waals surface area (Å²) in [6.45, 7) is 4.14. The fraction of sp³-hybridized carbons (Fsp3) is 0.667. The average Bonchev–Trinajstić information content (AvgIpc) is 2.27. The van der Waals surface area contributed by atoms with Crippen molar-refractivity contribution in [1.29, 1.82) is 0 Å². The Bertz CT molecular complexity index is 474. The van der Waals surface area contributed by atoms with Crippen LogP contribution in [0.5, 0.6) is 0 Å². The topological polar surface area (TPSA) is 111 Å². The lowest BCUT2D eigenvalue weighted by Gasteiger charge is -2.06. The van der Waals surface area contributed by atoms with E-state index in [9.17, 15) is 8.42 Å². The Morgan fingerprint density at radius 2 is 1.82 bits per heavy atom. The summed E-state index contributed by atoms with van der Waals surface area (Å²) in [6, 6.07) is 0. The number of aromatic nitrogens is 3. The van der Waals surface area contributed by atoms with Gasteiger partial charge in [0.2, 0.25) is 16.0 Å². The Hall–Kier alpha value is -1.28. The van der Waals surface area contributed by atoms with Gasteiger partial charge >= 0.3 is 0 Å². The fourth-order valence-corrected chi connectivity index (χ4v) is 1.70. The molecule has 8 heteroatoms. The predicted octanol–water partition coefficient (Wildman–Crippen LogP) is -0.303. The summed E-state index contributed by atoms with van der Waals surface area (Å²) in [5, 5.41) is 15.6. The third-order valence-electron chi connectivity index (χ3n) is 2.18. The maximum atomic E-state index is 10.7. The van der Waals surface area contributed by atoms with Crippen molar-refractivity contribution in [2.75, 3.05) is 17.6 Å². The molecule has 0 aliphatic carbocycles. The molecule has 0 fully saturated rings. The number of hydrogen-bond acceptors (Lipinski definition) is 6. The Labute approximate surface area is 101 Å². The van der Waals surface area contributed by atoms with Gasteiger partial charge in [-0.2, -0.15) is 5.10 Å². The molecule has 0 amide bonds. The van der Waals surface area contributed by atoms with Crippen molar-refractivity contribution < 1.29 is 8.42 Å². The normalized spacial score (nSPS) is 11.5. The number of rotatable bonds is 6. The zero-order chi connectivity index (χ0) is 12.9. The number of nitrogens with two attached hydrogens (primary N) is 1. The summed E-state index contributed by atoms with van der Waals surface area (Å²) in [5.41, 5.74) is 1.74. The van der Waals surface area contributed by atoms with E-state index in [1.807, 2.05) is 13.8 Å². The minimum Gasteiger partial charge on any atom is -0.352 e. The van der Waals surface area contributed by atoms with Crippen molar-refractivity contribution in [1.82, 2.24) is 15.2 Å². The zero-order valence-corrected chi connectivity index (χ0v) is 10.8. The van der Waals surface area contributed by atoms with E-state index in [2.05, 4.69) is 20.5 Å². The van der Waals surface area contributed by atoms with Crippen LogP contribution >= 0.6 is 0 Å². The van der Waals surface area contributed by atoms with Crippen LogP contribution in [-0.2, 0) is 22.9 Å². The molecule has 0 atom stereocenters. The van der Waals surface area contributed by atoms with E-state index < -0.39 is 10.0 Å². The Morgan fingerprint density at radius 3 is 2.35 bits per heavy atom. The van der Waals surface area contributed by atoms with Crippen molar-refractivity contribution in [2.45, 2.75) is 26.7 Å². The average molecular weight is 259 g/mol. The van der Waals surface area contributed by atoms with E-state index in [1.54, 1.807) is 0 Å². The van der Waals surface area contributed by atoms with E-state index in [0.717, 1.165) is 24.2 Å². The molecule has 7 nitrogen and oxygen atoms in total. The number of anilines is 1. The van der Waals surface area contributed by atoms with Crippen LogP contribution in [0.2, 0.25) is 0 Å². The van der Waals surface area contributed by atoms with Gasteiger partial charge in [-0.25, -0.2) is 18.5 Å². The lowest BCUT2D eigenvalue weighted by molar-refractivity contribution is 0.598. The van der Waals surface area contributed by atoms with Crippen LogP contribution in [0, 0.1) is 0 Å². The van der Waals surface area contributed by atoms with E-state index in [1.165, 1.54) is 0 Å². The fourth-order valence-electron chi connectivity index (χ4n) is 1.32. The molecule has 0 bridgehead atoms. The summed E-state index contributed by atoms with van der Waals surface area (Å²) >= 11 is 0. The van der Waals surface area contributed by atoms with Crippen molar-refractivity contribution in [3.05, 3.63) is 11.4 Å². The SMILES string of the molecule is CCc1nnc(NCCS(N)(=O)=O)nc1CC. The maximum Gasteiger partial charge on any atom is 0.243 e. The quantitative estimate of drug-likeness (QED) is 0.725. The molecule has 17 heavy (non-hydrogen) atoms. The summed E-state index contributed by atoms with van der Waals surface area (Å²) in [4.78, 5) is 4.26. The standard InChI is InChI=1S/C9H17N5O2S/c1-3-7-8(4-2)13-14-9(12-7)11-5-6-17(10,15)16/h3-6H2,1-2H3,(H2,10,15,16)(H,11,12,14). The molecule has 0 radical (unpaired) electrons. The van der Waals surface area contributed by atoms with Crippen LogP contribution in [0.15, 0.2) is 0 Å². The van der Waals surface area contributed by atoms with Gasteiger partial charge in [0.05, 0.1) is 17.1 Å². The molecule has 1 rings (SSSR count). The molecule has 1 aromatic heterocycles. The first-order chi connectivity index (χ1) is 7.96. The second-order valence-electron chi connectivity index (χ2n) is 3.53. The highest BCUT2D eigenvalue weighted by Gasteiger charge is 2.07. The van der Waals surface area contributed by atoms with Crippen molar-refractivity contribution in [3.63, 3.8) is 0 Å². The molecule has 0 aliphatic rings. The van der Waals surface area contributed by atoms with E-state index >= 15 is 0 Å². The highest BCUT2D eigenvalue weighted by molar-refractivity contribution is 7.89. The van der Waals surface area contributed by atoms with Crippen molar-refractivity contribution in [2.24, 2.45) is 5.14 Å². The zero-order valence-electron chi connectivity index (χ0n) is 9.97. The Kier molecular flexibility index (Phi) is 4.76. The van der Waals surface area contributed by atoms with Gasteiger partial charge in [0.25, 0.3) is 0 Å². The third-order valence-corrected chi connectivity index (χ3v) is 2.95. The van der Waals surface area contributed by atoms with Crippen molar-refractivity contribution >= 4 is 16.0 Å². The first-order valence-electron chi connectivity index (χ1n) is 5.43. The predicted molar refractivity (Wildman–Crippen MR) is 65.0 cm³/mol. The van der Waals surface area contributed by atoms with Crippen molar-refractivity contribution in [3.8, 4) is 0 Å². The highest BCUT2D eigenvalue weighted by atomic mass is 32.2.